The normalized spacial score (nSPS) is 10.9. The molecule has 0 bridgehead atoms. The Hall–Kier alpha value is -1.17. The van der Waals surface area contributed by atoms with Crippen molar-refractivity contribution in [1.29, 1.82) is 0 Å². The number of aryl methyl sites for hydroxylation is 1. The van der Waals surface area contributed by atoms with Crippen molar-refractivity contribution in [2.24, 2.45) is 0 Å². The Labute approximate surface area is 122 Å². The van der Waals surface area contributed by atoms with Crippen molar-refractivity contribution < 1.29 is 4.74 Å². The van der Waals surface area contributed by atoms with E-state index in [1.807, 2.05) is 25.2 Å². The van der Waals surface area contributed by atoms with Crippen LogP contribution in [0.3, 0.4) is 0 Å². The zero-order valence-corrected chi connectivity index (χ0v) is 12.5. The maximum Gasteiger partial charge on any atom is 0.138 e. The third-order valence-corrected chi connectivity index (χ3v) is 3.64. The van der Waals surface area contributed by atoms with Crippen LogP contribution in [0.15, 0.2) is 24.3 Å². The molecule has 1 heterocycles. The fourth-order valence-corrected chi connectivity index (χ4v) is 2.26. The lowest BCUT2D eigenvalue weighted by atomic mass is 10.2. The first kappa shape index (κ1) is 14.2. The molecule has 0 aliphatic carbocycles. The quantitative estimate of drug-likeness (QED) is 0.821. The number of benzene rings is 1. The second-order valence-corrected chi connectivity index (χ2v) is 5.75. The molecule has 0 saturated heterocycles. The largest absolute Gasteiger partial charge is 0.492 e. The lowest BCUT2D eigenvalue weighted by Gasteiger charge is -2.15. The summed E-state index contributed by atoms with van der Waals surface area (Å²) in [7, 11) is 2.01. The monoisotopic (exact) mass is 297 g/mol. The van der Waals surface area contributed by atoms with Crippen LogP contribution in [0.2, 0.25) is 4.34 Å². The van der Waals surface area contributed by atoms with E-state index in [-0.39, 0.29) is 0 Å². The number of nitrogens with zero attached hydrogens (tertiary/aromatic N) is 3. The van der Waals surface area contributed by atoms with Gasteiger partial charge in [-0.1, -0.05) is 28.2 Å². The predicted octanol–water partition coefficient (Wildman–Crippen LogP) is 3.01. The van der Waals surface area contributed by atoms with E-state index in [9.17, 15) is 0 Å². The van der Waals surface area contributed by atoms with Gasteiger partial charge in [0.15, 0.2) is 0 Å². The highest BCUT2D eigenvalue weighted by atomic mass is 35.5. The van der Waals surface area contributed by atoms with Gasteiger partial charge in [0.05, 0.1) is 0 Å². The van der Waals surface area contributed by atoms with Gasteiger partial charge in [-0.2, -0.15) is 0 Å². The van der Waals surface area contributed by atoms with Crippen molar-refractivity contribution in [3.05, 3.63) is 39.9 Å². The number of hydrogen-bond donors (Lipinski definition) is 0. The van der Waals surface area contributed by atoms with Crippen LogP contribution in [0.5, 0.6) is 5.75 Å². The molecule has 0 fully saturated rings. The number of halogens is 1. The van der Waals surface area contributed by atoms with Crippen molar-refractivity contribution in [3.63, 3.8) is 0 Å². The summed E-state index contributed by atoms with van der Waals surface area (Å²) in [4.78, 5) is 2.11. The van der Waals surface area contributed by atoms with Gasteiger partial charge in [0.25, 0.3) is 0 Å². The van der Waals surface area contributed by atoms with Gasteiger partial charge in [-0.05, 0) is 31.7 Å². The van der Waals surface area contributed by atoms with Gasteiger partial charge in [-0.15, -0.1) is 5.10 Å². The highest BCUT2D eigenvalue weighted by Gasteiger charge is 2.08. The predicted molar refractivity (Wildman–Crippen MR) is 77.9 cm³/mol. The van der Waals surface area contributed by atoms with E-state index in [0.29, 0.717) is 17.5 Å². The number of likely N-dealkylation sites (N-methyl/N-ethyl adjacent to an activating group) is 1. The molecule has 0 N–H and O–H groups in total. The summed E-state index contributed by atoms with van der Waals surface area (Å²) in [6, 6.07) is 8.04. The Balaban J connectivity index is 1.75. The Kier molecular flexibility index (Phi) is 5.13. The van der Waals surface area contributed by atoms with Gasteiger partial charge in [0.2, 0.25) is 0 Å². The molecule has 2 rings (SSSR count). The average Bonchev–Trinajstić information content (AvgIpc) is 2.75. The van der Waals surface area contributed by atoms with Crippen molar-refractivity contribution in [3.8, 4) is 5.75 Å². The molecule has 1 aromatic heterocycles. The summed E-state index contributed by atoms with van der Waals surface area (Å²) in [5.74, 6) is 0.904. The van der Waals surface area contributed by atoms with Crippen LogP contribution in [0, 0.1) is 6.92 Å². The van der Waals surface area contributed by atoms with Crippen LogP contribution in [0.1, 0.15) is 11.3 Å². The molecule has 0 saturated carbocycles. The molecule has 19 heavy (non-hydrogen) atoms. The van der Waals surface area contributed by atoms with Crippen molar-refractivity contribution in [2.75, 3.05) is 20.2 Å². The van der Waals surface area contributed by atoms with E-state index in [0.717, 1.165) is 18.0 Å². The third kappa shape index (κ3) is 4.45. The first-order chi connectivity index (χ1) is 9.15. The summed E-state index contributed by atoms with van der Waals surface area (Å²) >= 11 is 7.18. The van der Waals surface area contributed by atoms with Crippen LogP contribution in [0.4, 0.5) is 0 Å². The molecule has 6 heteroatoms. The minimum atomic E-state index is 0.634. The number of aromatic nitrogens is 2. The van der Waals surface area contributed by atoms with Crippen molar-refractivity contribution in [2.45, 2.75) is 13.5 Å². The molecule has 0 amide bonds. The standard InChI is InChI=1S/C13H16ClN3OS/c1-10-4-3-5-11(8-10)18-7-6-17(2)9-12-13(14)19-16-15-12/h3-5,8H,6-7,9H2,1-2H3. The lowest BCUT2D eigenvalue weighted by molar-refractivity contribution is 0.231. The molecule has 0 atom stereocenters. The van der Waals surface area contributed by atoms with E-state index in [1.54, 1.807) is 0 Å². The van der Waals surface area contributed by atoms with Crippen LogP contribution in [-0.4, -0.2) is 34.7 Å². The SMILES string of the molecule is Cc1cccc(OCCN(C)Cc2nnsc2Cl)c1. The number of hydrogen-bond acceptors (Lipinski definition) is 5. The smallest absolute Gasteiger partial charge is 0.138 e. The molecule has 0 aliphatic heterocycles. The Bertz CT molecular complexity index is 532. The minimum Gasteiger partial charge on any atom is -0.492 e. The van der Waals surface area contributed by atoms with Gasteiger partial charge in [0, 0.05) is 24.6 Å². The molecule has 4 nitrogen and oxygen atoms in total. The Morgan fingerprint density at radius 3 is 2.95 bits per heavy atom. The first-order valence-corrected chi connectivity index (χ1v) is 7.15. The summed E-state index contributed by atoms with van der Waals surface area (Å²) in [6.07, 6.45) is 0. The van der Waals surface area contributed by atoms with E-state index in [2.05, 4.69) is 27.5 Å². The fourth-order valence-electron chi connectivity index (χ4n) is 1.65. The van der Waals surface area contributed by atoms with Gasteiger partial charge >= 0.3 is 0 Å². The maximum absolute atomic E-state index is 5.97. The van der Waals surface area contributed by atoms with Crippen LogP contribution in [0.25, 0.3) is 0 Å². The Morgan fingerprint density at radius 1 is 1.42 bits per heavy atom. The summed E-state index contributed by atoms with van der Waals surface area (Å²) in [5, 5.41) is 3.99. The number of rotatable bonds is 6. The molecule has 2 aromatic rings. The fraction of sp³-hybridized carbons (Fsp3) is 0.385. The van der Waals surface area contributed by atoms with E-state index in [1.165, 1.54) is 17.1 Å². The Morgan fingerprint density at radius 2 is 2.26 bits per heavy atom. The molecule has 1 aromatic carbocycles. The third-order valence-electron chi connectivity index (χ3n) is 2.66. The minimum absolute atomic E-state index is 0.634. The van der Waals surface area contributed by atoms with E-state index < -0.39 is 0 Å². The molecule has 102 valence electrons. The summed E-state index contributed by atoms with van der Waals surface area (Å²) in [5.41, 5.74) is 2.02. The number of ether oxygens (including phenoxy) is 1. The second-order valence-electron chi connectivity index (χ2n) is 4.40. The van der Waals surface area contributed by atoms with Crippen molar-refractivity contribution >= 4 is 23.1 Å². The van der Waals surface area contributed by atoms with Gasteiger partial charge in [0.1, 0.15) is 22.4 Å². The van der Waals surface area contributed by atoms with E-state index >= 15 is 0 Å². The van der Waals surface area contributed by atoms with E-state index in [4.69, 9.17) is 16.3 Å². The lowest BCUT2D eigenvalue weighted by Crippen LogP contribution is -2.24. The van der Waals surface area contributed by atoms with Crippen LogP contribution < -0.4 is 4.74 Å². The molecule has 0 radical (unpaired) electrons. The zero-order chi connectivity index (χ0) is 13.7. The van der Waals surface area contributed by atoms with Crippen LogP contribution in [-0.2, 0) is 6.54 Å². The van der Waals surface area contributed by atoms with Gasteiger partial charge in [-0.3, -0.25) is 4.90 Å². The maximum atomic E-state index is 5.97. The highest BCUT2D eigenvalue weighted by Crippen LogP contribution is 2.18. The summed E-state index contributed by atoms with van der Waals surface area (Å²) in [6.45, 7) is 4.18. The molecule has 0 unspecified atom stereocenters. The average molecular weight is 298 g/mol. The topological polar surface area (TPSA) is 38.2 Å². The summed E-state index contributed by atoms with van der Waals surface area (Å²) < 4.78 is 10.2. The van der Waals surface area contributed by atoms with Crippen molar-refractivity contribution in [1.82, 2.24) is 14.5 Å². The molecule has 0 aliphatic rings. The second kappa shape index (κ2) is 6.84. The van der Waals surface area contributed by atoms with Gasteiger partial charge < -0.3 is 4.74 Å². The first-order valence-electron chi connectivity index (χ1n) is 6.00. The molecular formula is C13H16ClN3OS. The molecular weight excluding hydrogens is 282 g/mol. The molecule has 0 spiro atoms. The zero-order valence-electron chi connectivity index (χ0n) is 11.0. The highest BCUT2D eigenvalue weighted by molar-refractivity contribution is 7.10. The van der Waals surface area contributed by atoms with Crippen LogP contribution >= 0.6 is 23.1 Å². The van der Waals surface area contributed by atoms with Gasteiger partial charge in [-0.25, -0.2) is 0 Å².